The standard InChI is InChI=1S/C14H23N3O/c1-14(5-7-17(2)8-6-14)11-15-9-12-3-4-13(18)10-16-12/h3-4,10,15,18H,5-9,11H2,1-2H3. The molecule has 0 unspecified atom stereocenters. The average Bonchev–Trinajstić information content (AvgIpc) is 2.36. The van der Waals surface area contributed by atoms with E-state index in [1.165, 1.54) is 32.1 Å². The lowest BCUT2D eigenvalue weighted by atomic mass is 9.80. The van der Waals surface area contributed by atoms with E-state index in [2.05, 4.69) is 29.2 Å². The molecular weight excluding hydrogens is 226 g/mol. The van der Waals surface area contributed by atoms with E-state index < -0.39 is 0 Å². The Labute approximate surface area is 109 Å². The van der Waals surface area contributed by atoms with Gasteiger partial charge in [0.2, 0.25) is 0 Å². The van der Waals surface area contributed by atoms with E-state index >= 15 is 0 Å². The second-order valence-corrected chi connectivity index (χ2v) is 5.73. The van der Waals surface area contributed by atoms with E-state index in [1.807, 2.05) is 6.07 Å². The van der Waals surface area contributed by atoms with E-state index in [0.29, 0.717) is 5.41 Å². The Kier molecular flexibility index (Phi) is 4.19. The summed E-state index contributed by atoms with van der Waals surface area (Å²) in [7, 11) is 2.19. The van der Waals surface area contributed by atoms with Crippen LogP contribution in [-0.4, -0.2) is 41.7 Å². The van der Waals surface area contributed by atoms with Gasteiger partial charge in [0.15, 0.2) is 0 Å². The van der Waals surface area contributed by atoms with Crippen molar-refractivity contribution in [2.24, 2.45) is 5.41 Å². The predicted molar refractivity (Wildman–Crippen MR) is 72.4 cm³/mol. The fraction of sp³-hybridized carbons (Fsp3) is 0.643. The first kappa shape index (κ1) is 13.3. The minimum atomic E-state index is 0.223. The number of rotatable bonds is 4. The highest BCUT2D eigenvalue weighted by atomic mass is 16.3. The lowest BCUT2D eigenvalue weighted by molar-refractivity contribution is 0.136. The number of nitrogens with one attached hydrogen (secondary N) is 1. The first-order valence-electron chi connectivity index (χ1n) is 6.61. The molecule has 0 atom stereocenters. The minimum Gasteiger partial charge on any atom is -0.506 e. The first-order valence-corrected chi connectivity index (χ1v) is 6.61. The number of piperidine rings is 1. The molecule has 1 aliphatic rings. The second kappa shape index (κ2) is 5.67. The maximum absolute atomic E-state index is 9.16. The molecular formula is C14H23N3O. The van der Waals surface area contributed by atoms with Crippen LogP contribution in [0.25, 0.3) is 0 Å². The average molecular weight is 249 g/mol. The Morgan fingerprint density at radius 2 is 2.11 bits per heavy atom. The van der Waals surface area contributed by atoms with Crippen molar-refractivity contribution >= 4 is 0 Å². The normalized spacial score (nSPS) is 19.9. The van der Waals surface area contributed by atoms with Gasteiger partial charge in [-0.2, -0.15) is 0 Å². The van der Waals surface area contributed by atoms with Crippen LogP contribution in [0, 0.1) is 5.41 Å². The molecule has 0 aromatic carbocycles. The highest BCUT2D eigenvalue weighted by Gasteiger charge is 2.28. The molecule has 1 aromatic rings. The predicted octanol–water partition coefficient (Wildman–Crippen LogP) is 1.61. The zero-order valence-corrected chi connectivity index (χ0v) is 11.3. The zero-order valence-electron chi connectivity index (χ0n) is 11.3. The molecule has 18 heavy (non-hydrogen) atoms. The van der Waals surface area contributed by atoms with Gasteiger partial charge in [-0.1, -0.05) is 6.92 Å². The van der Waals surface area contributed by atoms with Crippen molar-refractivity contribution < 1.29 is 5.11 Å². The molecule has 0 saturated carbocycles. The number of likely N-dealkylation sites (tertiary alicyclic amines) is 1. The molecule has 0 radical (unpaired) electrons. The largest absolute Gasteiger partial charge is 0.506 e. The van der Waals surface area contributed by atoms with E-state index in [4.69, 9.17) is 5.11 Å². The fourth-order valence-electron chi connectivity index (χ4n) is 2.35. The molecule has 2 N–H and O–H groups in total. The molecule has 0 spiro atoms. The van der Waals surface area contributed by atoms with Crippen LogP contribution in [0.4, 0.5) is 0 Å². The lowest BCUT2D eigenvalue weighted by Crippen LogP contribution is -2.41. The third-order valence-corrected chi connectivity index (χ3v) is 3.86. The lowest BCUT2D eigenvalue weighted by Gasteiger charge is -2.38. The number of hydrogen-bond donors (Lipinski definition) is 2. The van der Waals surface area contributed by atoms with Crippen LogP contribution >= 0.6 is 0 Å². The molecule has 0 bridgehead atoms. The molecule has 2 heterocycles. The van der Waals surface area contributed by atoms with Gasteiger partial charge in [0.05, 0.1) is 11.9 Å². The molecule has 2 rings (SSSR count). The van der Waals surface area contributed by atoms with Gasteiger partial charge in [-0.15, -0.1) is 0 Å². The number of aromatic nitrogens is 1. The monoisotopic (exact) mass is 249 g/mol. The highest BCUT2D eigenvalue weighted by molar-refractivity contribution is 5.17. The Hall–Kier alpha value is -1.13. The van der Waals surface area contributed by atoms with Gasteiger partial charge in [0.25, 0.3) is 0 Å². The smallest absolute Gasteiger partial charge is 0.133 e. The maximum Gasteiger partial charge on any atom is 0.133 e. The van der Waals surface area contributed by atoms with Crippen LogP contribution in [0.2, 0.25) is 0 Å². The second-order valence-electron chi connectivity index (χ2n) is 5.73. The van der Waals surface area contributed by atoms with E-state index in [1.54, 1.807) is 6.07 Å². The van der Waals surface area contributed by atoms with Gasteiger partial charge in [-0.3, -0.25) is 4.98 Å². The van der Waals surface area contributed by atoms with Crippen molar-refractivity contribution in [2.75, 3.05) is 26.7 Å². The van der Waals surface area contributed by atoms with Crippen molar-refractivity contribution in [3.05, 3.63) is 24.0 Å². The summed E-state index contributed by atoms with van der Waals surface area (Å²) in [6.45, 7) is 6.54. The van der Waals surface area contributed by atoms with E-state index in [0.717, 1.165) is 18.8 Å². The van der Waals surface area contributed by atoms with Crippen molar-refractivity contribution in [1.82, 2.24) is 15.2 Å². The Morgan fingerprint density at radius 3 is 2.72 bits per heavy atom. The topological polar surface area (TPSA) is 48.4 Å². The number of hydrogen-bond acceptors (Lipinski definition) is 4. The summed E-state index contributed by atoms with van der Waals surface area (Å²) in [6.07, 6.45) is 3.99. The highest BCUT2D eigenvalue weighted by Crippen LogP contribution is 2.29. The van der Waals surface area contributed by atoms with Crippen LogP contribution in [-0.2, 0) is 6.54 Å². The Morgan fingerprint density at radius 1 is 1.39 bits per heavy atom. The van der Waals surface area contributed by atoms with Gasteiger partial charge in [-0.25, -0.2) is 0 Å². The SMILES string of the molecule is CN1CCC(C)(CNCc2ccc(O)cn2)CC1. The summed E-state index contributed by atoms with van der Waals surface area (Å²) in [5.74, 6) is 0.223. The minimum absolute atomic E-state index is 0.223. The Bertz CT molecular complexity index is 369. The number of aromatic hydroxyl groups is 1. The quantitative estimate of drug-likeness (QED) is 0.851. The molecule has 1 fully saturated rings. The molecule has 100 valence electrons. The summed E-state index contributed by atoms with van der Waals surface area (Å²) in [6, 6.07) is 3.54. The Balaban J connectivity index is 1.76. The first-order chi connectivity index (χ1) is 8.57. The zero-order chi connectivity index (χ0) is 13.0. The van der Waals surface area contributed by atoms with Crippen LogP contribution in [0.1, 0.15) is 25.5 Å². The summed E-state index contributed by atoms with van der Waals surface area (Å²) in [4.78, 5) is 6.57. The summed E-state index contributed by atoms with van der Waals surface area (Å²) < 4.78 is 0. The molecule has 1 aliphatic heterocycles. The van der Waals surface area contributed by atoms with E-state index in [9.17, 15) is 0 Å². The van der Waals surface area contributed by atoms with Crippen molar-refractivity contribution in [2.45, 2.75) is 26.3 Å². The van der Waals surface area contributed by atoms with Crippen LogP contribution < -0.4 is 5.32 Å². The summed E-state index contributed by atoms with van der Waals surface area (Å²) >= 11 is 0. The molecule has 1 aromatic heterocycles. The maximum atomic E-state index is 9.16. The molecule has 0 amide bonds. The molecule has 1 saturated heterocycles. The van der Waals surface area contributed by atoms with Crippen LogP contribution in [0.15, 0.2) is 18.3 Å². The van der Waals surface area contributed by atoms with Gasteiger partial charge in [0, 0.05) is 13.1 Å². The third kappa shape index (κ3) is 3.68. The van der Waals surface area contributed by atoms with Crippen molar-refractivity contribution in [3.8, 4) is 5.75 Å². The van der Waals surface area contributed by atoms with Gasteiger partial charge in [0.1, 0.15) is 5.75 Å². The van der Waals surface area contributed by atoms with Crippen molar-refractivity contribution in [1.29, 1.82) is 0 Å². The fourth-order valence-corrected chi connectivity index (χ4v) is 2.35. The van der Waals surface area contributed by atoms with Crippen LogP contribution in [0.5, 0.6) is 5.75 Å². The third-order valence-electron chi connectivity index (χ3n) is 3.86. The van der Waals surface area contributed by atoms with Crippen LogP contribution in [0.3, 0.4) is 0 Å². The van der Waals surface area contributed by atoms with Gasteiger partial charge < -0.3 is 15.3 Å². The molecule has 4 heteroatoms. The van der Waals surface area contributed by atoms with Gasteiger partial charge >= 0.3 is 0 Å². The number of pyridine rings is 1. The summed E-state index contributed by atoms with van der Waals surface area (Å²) in [5, 5.41) is 12.6. The van der Waals surface area contributed by atoms with Gasteiger partial charge in [-0.05, 0) is 50.5 Å². The molecule has 0 aliphatic carbocycles. The van der Waals surface area contributed by atoms with Crippen molar-refractivity contribution in [3.63, 3.8) is 0 Å². The molecule has 4 nitrogen and oxygen atoms in total. The number of nitrogens with zero attached hydrogens (tertiary/aromatic N) is 2. The van der Waals surface area contributed by atoms with E-state index in [-0.39, 0.29) is 5.75 Å². The summed E-state index contributed by atoms with van der Waals surface area (Å²) in [5.41, 5.74) is 1.38.